The number of nitrogens with zero attached hydrogens (tertiary/aromatic N) is 5. The number of aryl methyl sites for hydroxylation is 1. The molecule has 0 spiro atoms. The first-order valence-corrected chi connectivity index (χ1v) is 15.1. The molecule has 0 atom stereocenters. The standard InChI is InChI=1S/C27H29N7O6S/c1-31-21-22(30-26(31)41(3,39)40)34(27(38)32(2)25(21)37)14-15-8-9-33(13-15)20-11-18(28-23(35)16-4-5-16)10-19(12-20)29-24(36)17-6-7-17/h8-13,16-17H,4-7,14H2,1-3H3,(H,28,35)(H,29,36). The Labute approximate surface area is 234 Å². The van der Waals surface area contributed by atoms with Crippen LogP contribution in [0.2, 0.25) is 0 Å². The van der Waals surface area contributed by atoms with E-state index in [4.69, 9.17) is 0 Å². The van der Waals surface area contributed by atoms with Crippen molar-refractivity contribution in [2.45, 2.75) is 37.4 Å². The van der Waals surface area contributed by atoms with Crippen molar-refractivity contribution in [1.82, 2.24) is 23.3 Å². The summed E-state index contributed by atoms with van der Waals surface area (Å²) in [6, 6.07) is 7.10. The highest BCUT2D eigenvalue weighted by molar-refractivity contribution is 7.90. The molecule has 0 unspecified atom stereocenters. The molecule has 13 nitrogen and oxygen atoms in total. The molecule has 2 aliphatic carbocycles. The number of rotatable bonds is 8. The summed E-state index contributed by atoms with van der Waals surface area (Å²) in [6.07, 6.45) is 7.97. The lowest BCUT2D eigenvalue weighted by Crippen LogP contribution is -2.38. The maximum absolute atomic E-state index is 13.1. The second-order valence-electron chi connectivity index (χ2n) is 10.9. The lowest BCUT2D eigenvalue weighted by atomic mass is 10.2. The Kier molecular flexibility index (Phi) is 6.25. The minimum atomic E-state index is -3.76. The van der Waals surface area contributed by atoms with Crippen LogP contribution >= 0.6 is 0 Å². The highest BCUT2D eigenvalue weighted by atomic mass is 32.2. The molecule has 2 aliphatic rings. The van der Waals surface area contributed by atoms with Gasteiger partial charge >= 0.3 is 5.69 Å². The van der Waals surface area contributed by atoms with Crippen molar-refractivity contribution in [1.29, 1.82) is 0 Å². The van der Waals surface area contributed by atoms with E-state index in [1.54, 1.807) is 41.2 Å². The van der Waals surface area contributed by atoms with Gasteiger partial charge in [-0.1, -0.05) is 0 Å². The first-order chi connectivity index (χ1) is 19.4. The Morgan fingerprint density at radius 2 is 1.54 bits per heavy atom. The third kappa shape index (κ3) is 5.10. The second-order valence-corrected chi connectivity index (χ2v) is 12.8. The van der Waals surface area contributed by atoms with Gasteiger partial charge in [0.15, 0.2) is 11.2 Å². The smallest absolute Gasteiger partial charge is 0.326 e. The summed E-state index contributed by atoms with van der Waals surface area (Å²) < 4.78 is 29.7. The third-order valence-electron chi connectivity index (χ3n) is 7.39. The minimum absolute atomic E-state index is 0.00195. The normalized spacial score (nSPS) is 15.3. The van der Waals surface area contributed by atoms with E-state index in [9.17, 15) is 27.6 Å². The van der Waals surface area contributed by atoms with E-state index >= 15 is 0 Å². The molecule has 6 rings (SSSR count). The average molecular weight is 580 g/mol. The number of amides is 2. The van der Waals surface area contributed by atoms with Crippen LogP contribution in [0.3, 0.4) is 0 Å². The summed E-state index contributed by atoms with van der Waals surface area (Å²) in [5.41, 5.74) is 1.15. The van der Waals surface area contributed by atoms with Crippen molar-refractivity contribution in [2.75, 3.05) is 16.9 Å². The predicted octanol–water partition coefficient (Wildman–Crippen LogP) is 1.37. The van der Waals surface area contributed by atoms with Crippen molar-refractivity contribution < 1.29 is 18.0 Å². The second kappa shape index (κ2) is 9.58. The van der Waals surface area contributed by atoms with E-state index in [1.165, 1.54) is 23.2 Å². The fourth-order valence-corrected chi connectivity index (χ4v) is 5.69. The van der Waals surface area contributed by atoms with Gasteiger partial charge in [-0.15, -0.1) is 0 Å². The van der Waals surface area contributed by atoms with E-state index in [2.05, 4.69) is 15.6 Å². The zero-order chi connectivity index (χ0) is 29.2. The number of carbonyl (C=O) groups excluding carboxylic acids is 2. The van der Waals surface area contributed by atoms with E-state index in [1.807, 2.05) is 0 Å². The maximum Gasteiger partial charge on any atom is 0.332 e. The van der Waals surface area contributed by atoms with Gasteiger partial charge in [0.25, 0.3) is 5.56 Å². The highest BCUT2D eigenvalue weighted by Gasteiger charge is 2.31. The summed E-state index contributed by atoms with van der Waals surface area (Å²) in [7, 11) is -1.01. The molecule has 2 amide bonds. The van der Waals surface area contributed by atoms with Crippen LogP contribution in [0.15, 0.2) is 51.4 Å². The molecule has 4 aromatic rings. The monoisotopic (exact) mass is 579 g/mol. The molecule has 2 fully saturated rings. The largest absolute Gasteiger partial charge is 0.332 e. The van der Waals surface area contributed by atoms with Crippen LogP contribution in [0.4, 0.5) is 11.4 Å². The van der Waals surface area contributed by atoms with Crippen molar-refractivity contribution in [2.24, 2.45) is 25.9 Å². The lowest BCUT2D eigenvalue weighted by molar-refractivity contribution is -0.118. The van der Waals surface area contributed by atoms with Gasteiger partial charge in [0.05, 0.1) is 6.54 Å². The van der Waals surface area contributed by atoms with E-state index in [0.717, 1.165) is 36.5 Å². The number of hydrogen-bond acceptors (Lipinski definition) is 7. The van der Waals surface area contributed by atoms with Crippen LogP contribution in [0.1, 0.15) is 31.2 Å². The van der Waals surface area contributed by atoms with Gasteiger partial charge in [0.2, 0.25) is 26.8 Å². The Hall–Kier alpha value is -4.46. The number of benzene rings is 1. The number of sulfone groups is 1. The molecular weight excluding hydrogens is 550 g/mol. The Bertz CT molecular complexity index is 1930. The topological polar surface area (TPSA) is 159 Å². The van der Waals surface area contributed by atoms with Crippen LogP contribution in [-0.4, -0.2) is 49.7 Å². The predicted molar refractivity (Wildman–Crippen MR) is 151 cm³/mol. The molecule has 214 valence electrons. The first kappa shape index (κ1) is 26.7. The summed E-state index contributed by atoms with van der Waals surface area (Å²) >= 11 is 0. The van der Waals surface area contributed by atoms with Gasteiger partial charge in [-0.2, -0.15) is 4.98 Å². The summed E-state index contributed by atoms with van der Waals surface area (Å²) in [4.78, 5) is 55.0. The quantitative estimate of drug-likeness (QED) is 0.319. The SMILES string of the molecule is Cn1c(=O)c2c(nc(S(C)(=O)=O)n2C)n(Cc2ccn(-c3cc(NC(=O)C4CC4)cc(NC(=O)C4CC4)c3)c2)c1=O. The number of hydrogen-bond donors (Lipinski definition) is 2. The molecule has 1 aromatic carbocycles. The van der Waals surface area contributed by atoms with Gasteiger partial charge < -0.3 is 19.8 Å². The molecule has 0 radical (unpaired) electrons. The van der Waals surface area contributed by atoms with Crippen LogP contribution < -0.4 is 21.9 Å². The molecular formula is C27H29N7O6S. The van der Waals surface area contributed by atoms with Gasteiger partial charge in [-0.25, -0.2) is 13.2 Å². The zero-order valence-corrected chi connectivity index (χ0v) is 23.6. The average Bonchev–Trinajstić information content (AvgIpc) is 3.84. The van der Waals surface area contributed by atoms with Crippen molar-refractivity contribution in [3.8, 4) is 5.69 Å². The van der Waals surface area contributed by atoms with Gasteiger partial charge in [0, 0.05) is 61.6 Å². The molecule has 3 aromatic heterocycles. The van der Waals surface area contributed by atoms with E-state index in [0.29, 0.717) is 22.6 Å². The van der Waals surface area contributed by atoms with E-state index in [-0.39, 0.29) is 46.5 Å². The number of nitrogens with one attached hydrogen (secondary N) is 2. The van der Waals surface area contributed by atoms with Gasteiger partial charge in [-0.05, 0) is 55.5 Å². The lowest BCUT2D eigenvalue weighted by Gasteiger charge is -2.13. The maximum atomic E-state index is 13.1. The van der Waals surface area contributed by atoms with Crippen molar-refractivity contribution >= 4 is 44.2 Å². The van der Waals surface area contributed by atoms with Gasteiger partial charge in [-0.3, -0.25) is 23.5 Å². The zero-order valence-electron chi connectivity index (χ0n) is 22.7. The summed E-state index contributed by atoms with van der Waals surface area (Å²) in [6.45, 7) is 0.0139. The summed E-state index contributed by atoms with van der Waals surface area (Å²) in [5, 5.41) is 5.56. The fraction of sp³-hybridized carbons (Fsp3) is 0.370. The number of aromatic nitrogens is 5. The Balaban J connectivity index is 1.37. The molecule has 0 saturated heterocycles. The molecule has 41 heavy (non-hydrogen) atoms. The summed E-state index contributed by atoms with van der Waals surface area (Å²) in [5.74, 6) is -0.102. The van der Waals surface area contributed by atoms with Crippen LogP contribution in [-0.2, 0) is 40.1 Å². The number of imidazole rings is 1. The van der Waals surface area contributed by atoms with Crippen molar-refractivity contribution in [3.63, 3.8) is 0 Å². The molecule has 2 N–H and O–H groups in total. The van der Waals surface area contributed by atoms with E-state index < -0.39 is 21.1 Å². The third-order valence-corrected chi connectivity index (χ3v) is 8.42. The number of carbonyl (C=O) groups is 2. The fourth-order valence-electron chi connectivity index (χ4n) is 4.84. The Morgan fingerprint density at radius 3 is 2.07 bits per heavy atom. The molecule has 14 heteroatoms. The highest BCUT2D eigenvalue weighted by Crippen LogP contribution is 2.33. The van der Waals surface area contributed by atoms with Gasteiger partial charge in [0.1, 0.15) is 0 Å². The van der Waals surface area contributed by atoms with Crippen LogP contribution in [0.25, 0.3) is 16.9 Å². The first-order valence-electron chi connectivity index (χ1n) is 13.2. The molecule has 2 saturated carbocycles. The number of anilines is 2. The number of fused-ring (bicyclic) bond motifs is 1. The molecule has 3 heterocycles. The van der Waals surface area contributed by atoms with Crippen LogP contribution in [0, 0.1) is 11.8 Å². The molecule has 0 bridgehead atoms. The van der Waals surface area contributed by atoms with Crippen molar-refractivity contribution in [3.05, 3.63) is 63.1 Å². The van der Waals surface area contributed by atoms with Crippen LogP contribution in [0.5, 0.6) is 0 Å². The molecule has 0 aliphatic heterocycles. The minimum Gasteiger partial charge on any atom is -0.326 e. The Morgan fingerprint density at radius 1 is 0.951 bits per heavy atom.